The van der Waals surface area contributed by atoms with Gasteiger partial charge in [-0.15, -0.1) is 0 Å². The molecule has 0 saturated carbocycles. The number of carboxylic acids is 1. The predicted octanol–water partition coefficient (Wildman–Crippen LogP) is 2.41. The third kappa shape index (κ3) is 3.39. The van der Waals surface area contributed by atoms with E-state index in [2.05, 4.69) is 6.92 Å². The van der Waals surface area contributed by atoms with Crippen molar-refractivity contribution in [1.82, 2.24) is 0 Å². The molecule has 1 atom stereocenters. The lowest BCUT2D eigenvalue weighted by molar-refractivity contribution is -0.140. The minimum absolute atomic E-state index is 0.412. The van der Waals surface area contributed by atoms with E-state index in [1.165, 1.54) is 5.56 Å². The van der Waals surface area contributed by atoms with E-state index in [0.717, 1.165) is 17.9 Å². The van der Waals surface area contributed by atoms with Crippen LogP contribution in [0.3, 0.4) is 0 Å². The molecule has 0 aliphatic rings. The van der Waals surface area contributed by atoms with Gasteiger partial charge < -0.3 is 14.7 Å². The van der Waals surface area contributed by atoms with Crippen molar-refractivity contribution < 1.29 is 14.6 Å². The van der Waals surface area contributed by atoms with Gasteiger partial charge in [0.1, 0.15) is 5.75 Å². The number of nitrogens with zero attached hydrogens (tertiary/aromatic N) is 1. The summed E-state index contributed by atoms with van der Waals surface area (Å²) >= 11 is 0. The van der Waals surface area contributed by atoms with Crippen molar-refractivity contribution in [1.29, 1.82) is 0 Å². The highest BCUT2D eigenvalue weighted by Gasteiger charge is 2.16. The van der Waals surface area contributed by atoms with Gasteiger partial charge in [-0.2, -0.15) is 0 Å². The topological polar surface area (TPSA) is 49.8 Å². The molecule has 0 bridgehead atoms. The van der Waals surface area contributed by atoms with E-state index >= 15 is 0 Å². The van der Waals surface area contributed by atoms with Crippen LogP contribution in [0.15, 0.2) is 18.2 Å². The summed E-state index contributed by atoms with van der Waals surface area (Å²) in [5.74, 6) is -0.426. The molecule has 4 heteroatoms. The SMILES string of the molecule is CCc1ccc(OC)c(N(C)CC(C)C(=O)O)c1. The van der Waals surface area contributed by atoms with Gasteiger partial charge in [0.2, 0.25) is 0 Å². The first-order valence-electron chi connectivity index (χ1n) is 6.10. The lowest BCUT2D eigenvalue weighted by atomic mass is 10.1. The molecule has 0 amide bonds. The van der Waals surface area contributed by atoms with Crippen LogP contribution in [0.1, 0.15) is 19.4 Å². The first-order chi connectivity index (χ1) is 8.49. The average molecular weight is 251 g/mol. The van der Waals surface area contributed by atoms with Crippen molar-refractivity contribution in [2.24, 2.45) is 5.92 Å². The van der Waals surface area contributed by atoms with E-state index < -0.39 is 11.9 Å². The Balaban J connectivity index is 2.95. The van der Waals surface area contributed by atoms with Crippen molar-refractivity contribution in [3.05, 3.63) is 23.8 Å². The second kappa shape index (κ2) is 6.28. The zero-order valence-electron chi connectivity index (χ0n) is 11.4. The van der Waals surface area contributed by atoms with Crippen LogP contribution >= 0.6 is 0 Å². The number of carbonyl (C=O) groups is 1. The number of hydrogen-bond acceptors (Lipinski definition) is 3. The zero-order chi connectivity index (χ0) is 13.7. The molecule has 4 nitrogen and oxygen atoms in total. The van der Waals surface area contributed by atoms with E-state index in [9.17, 15) is 4.79 Å². The van der Waals surface area contributed by atoms with Crippen LogP contribution in [0.2, 0.25) is 0 Å². The maximum absolute atomic E-state index is 10.9. The van der Waals surface area contributed by atoms with Gasteiger partial charge in [-0.1, -0.05) is 19.9 Å². The molecule has 1 N–H and O–H groups in total. The largest absolute Gasteiger partial charge is 0.495 e. The summed E-state index contributed by atoms with van der Waals surface area (Å²) in [6.45, 7) is 4.25. The highest BCUT2D eigenvalue weighted by atomic mass is 16.5. The van der Waals surface area contributed by atoms with Crippen LogP contribution in [-0.4, -0.2) is 31.8 Å². The number of ether oxygens (including phenoxy) is 1. The zero-order valence-corrected chi connectivity index (χ0v) is 11.4. The molecule has 100 valence electrons. The summed E-state index contributed by atoms with van der Waals surface area (Å²) in [6, 6.07) is 6.00. The summed E-state index contributed by atoms with van der Waals surface area (Å²) in [5.41, 5.74) is 2.14. The summed E-state index contributed by atoms with van der Waals surface area (Å²) in [7, 11) is 3.51. The summed E-state index contributed by atoms with van der Waals surface area (Å²) in [6.07, 6.45) is 0.944. The molecular weight excluding hydrogens is 230 g/mol. The lowest BCUT2D eigenvalue weighted by Gasteiger charge is -2.24. The predicted molar refractivity (Wildman–Crippen MR) is 72.4 cm³/mol. The Morgan fingerprint density at radius 1 is 1.50 bits per heavy atom. The molecule has 1 rings (SSSR count). The summed E-state index contributed by atoms with van der Waals surface area (Å²) in [4.78, 5) is 12.8. The fourth-order valence-electron chi connectivity index (χ4n) is 1.84. The molecule has 0 spiro atoms. The van der Waals surface area contributed by atoms with E-state index in [1.54, 1.807) is 14.0 Å². The van der Waals surface area contributed by atoms with E-state index in [-0.39, 0.29) is 0 Å². The molecule has 1 aromatic carbocycles. The first-order valence-corrected chi connectivity index (χ1v) is 6.10. The summed E-state index contributed by atoms with van der Waals surface area (Å²) < 4.78 is 5.32. The Hall–Kier alpha value is -1.71. The number of rotatable bonds is 6. The Bertz CT molecular complexity index is 418. The molecule has 0 radical (unpaired) electrons. The molecular formula is C14H21NO3. The van der Waals surface area contributed by atoms with Crippen LogP contribution in [0.5, 0.6) is 5.75 Å². The van der Waals surface area contributed by atoms with Crippen LogP contribution < -0.4 is 9.64 Å². The van der Waals surface area contributed by atoms with E-state index in [4.69, 9.17) is 9.84 Å². The Morgan fingerprint density at radius 2 is 2.17 bits per heavy atom. The van der Waals surface area contributed by atoms with Crippen molar-refractivity contribution in [3.63, 3.8) is 0 Å². The molecule has 0 saturated heterocycles. The minimum Gasteiger partial charge on any atom is -0.495 e. The molecule has 0 aliphatic carbocycles. The number of aryl methyl sites for hydroxylation is 1. The Morgan fingerprint density at radius 3 is 2.67 bits per heavy atom. The average Bonchev–Trinajstić information content (AvgIpc) is 2.37. The fraction of sp³-hybridized carbons (Fsp3) is 0.500. The summed E-state index contributed by atoms with van der Waals surface area (Å²) in [5, 5.41) is 8.95. The van der Waals surface area contributed by atoms with Crippen molar-refractivity contribution in [2.75, 3.05) is 25.6 Å². The van der Waals surface area contributed by atoms with Crippen molar-refractivity contribution in [2.45, 2.75) is 20.3 Å². The van der Waals surface area contributed by atoms with Gasteiger partial charge >= 0.3 is 5.97 Å². The van der Waals surface area contributed by atoms with E-state index in [1.807, 2.05) is 30.1 Å². The standard InChI is InChI=1S/C14H21NO3/c1-5-11-6-7-13(18-4)12(8-11)15(3)9-10(2)14(16)17/h6-8,10H,5,9H2,1-4H3,(H,16,17). The van der Waals surface area contributed by atoms with Gasteiger partial charge in [0, 0.05) is 13.6 Å². The lowest BCUT2D eigenvalue weighted by Crippen LogP contribution is -2.28. The second-order valence-corrected chi connectivity index (χ2v) is 4.48. The molecule has 1 unspecified atom stereocenters. The number of benzene rings is 1. The molecule has 0 fully saturated rings. The smallest absolute Gasteiger partial charge is 0.308 e. The third-order valence-corrected chi connectivity index (χ3v) is 3.03. The van der Waals surface area contributed by atoms with E-state index in [0.29, 0.717) is 6.54 Å². The van der Waals surface area contributed by atoms with Gasteiger partial charge in [0.05, 0.1) is 18.7 Å². The molecule has 18 heavy (non-hydrogen) atoms. The highest BCUT2D eigenvalue weighted by molar-refractivity contribution is 5.71. The van der Waals surface area contributed by atoms with Gasteiger partial charge in [-0.05, 0) is 24.1 Å². The molecule has 0 aliphatic heterocycles. The molecule has 1 aromatic rings. The molecule has 0 aromatic heterocycles. The number of aliphatic carboxylic acids is 1. The van der Waals surface area contributed by atoms with Crippen molar-refractivity contribution in [3.8, 4) is 5.75 Å². The van der Waals surface area contributed by atoms with Crippen LogP contribution in [-0.2, 0) is 11.2 Å². The number of hydrogen-bond donors (Lipinski definition) is 1. The number of methoxy groups -OCH3 is 1. The highest BCUT2D eigenvalue weighted by Crippen LogP contribution is 2.29. The maximum Gasteiger partial charge on any atom is 0.308 e. The molecule has 0 heterocycles. The Kier molecular flexibility index (Phi) is 5.01. The minimum atomic E-state index is -0.785. The van der Waals surface area contributed by atoms with Crippen LogP contribution in [0, 0.1) is 5.92 Å². The second-order valence-electron chi connectivity index (χ2n) is 4.48. The van der Waals surface area contributed by atoms with Gasteiger partial charge in [-0.3, -0.25) is 4.79 Å². The van der Waals surface area contributed by atoms with Gasteiger partial charge in [0.15, 0.2) is 0 Å². The number of anilines is 1. The first kappa shape index (κ1) is 14.4. The van der Waals surface area contributed by atoms with Crippen molar-refractivity contribution >= 4 is 11.7 Å². The monoisotopic (exact) mass is 251 g/mol. The van der Waals surface area contributed by atoms with Gasteiger partial charge in [-0.25, -0.2) is 0 Å². The third-order valence-electron chi connectivity index (χ3n) is 3.03. The van der Waals surface area contributed by atoms with Gasteiger partial charge in [0.25, 0.3) is 0 Å². The van der Waals surface area contributed by atoms with Crippen LogP contribution in [0.4, 0.5) is 5.69 Å². The van der Waals surface area contributed by atoms with Crippen LogP contribution in [0.25, 0.3) is 0 Å². The normalized spacial score (nSPS) is 12.0. The maximum atomic E-state index is 10.9. The number of carboxylic acid groups (broad SMARTS) is 1. The quantitative estimate of drug-likeness (QED) is 0.843. The fourth-order valence-corrected chi connectivity index (χ4v) is 1.84. The Labute approximate surface area is 108 Å².